The summed E-state index contributed by atoms with van der Waals surface area (Å²) < 4.78 is 2.68. The molecule has 9 aromatic rings. The highest BCUT2D eigenvalue weighted by Crippen LogP contribution is 2.66. The van der Waals surface area contributed by atoms with Crippen molar-refractivity contribution in [2.75, 3.05) is 4.90 Å². The van der Waals surface area contributed by atoms with Gasteiger partial charge in [0.05, 0.1) is 11.1 Å². The normalized spacial score (nSPS) is 15.0. The van der Waals surface area contributed by atoms with Gasteiger partial charge in [-0.1, -0.05) is 133 Å². The Bertz CT molecular complexity index is 2980. The number of benzene rings is 8. The maximum absolute atomic E-state index is 2.49. The average Bonchev–Trinajstić information content (AvgIpc) is 3.83. The molecule has 0 amide bonds. The number of aryl methyl sites for hydroxylation is 3. The van der Waals surface area contributed by atoms with E-state index < -0.39 is 5.41 Å². The fourth-order valence-electron chi connectivity index (χ4n) is 9.74. The van der Waals surface area contributed by atoms with Gasteiger partial charge in [0.2, 0.25) is 0 Å². The molecule has 0 radical (unpaired) electrons. The average molecular weight is 708 g/mol. The Kier molecular flexibility index (Phi) is 6.75. The Morgan fingerprint density at radius 1 is 0.426 bits per heavy atom. The number of rotatable bonds is 4. The Morgan fingerprint density at radius 3 is 1.80 bits per heavy atom. The molecule has 0 fully saturated rings. The van der Waals surface area contributed by atoms with Crippen molar-refractivity contribution in [3.63, 3.8) is 0 Å². The predicted molar refractivity (Wildman–Crippen MR) is 230 cm³/mol. The van der Waals surface area contributed by atoms with Crippen molar-refractivity contribution in [2.24, 2.45) is 0 Å². The molecule has 8 aromatic carbocycles. The first-order chi connectivity index (χ1) is 26.5. The molecule has 1 spiro atoms. The summed E-state index contributed by atoms with van der Waals surface area (Å²) in [5, 5.41) is 2.72. The van der Waals surface area contributed by atoms with Gasteiger partial charge in [0, 0.05) is 37.1 Å². The molecule has 2 aliphatic rings. The lowest BCUT2D eigenvalue weighted by Gasteiger charge is -2.32. The van der Waals surface area contributed by atoms with Crippen molar-refractivity contribution in [3.05, 3.63) is 209 Å². The van der Waals surface area contributed by atoms with Gasteiger partial charge in [-0.25, -0.2) is 0 Å². The van der Waals surface area contributed by atoms with E-state index in [0.29, 0.717) is 0 Å². The lowest BCUT2D eigenvalue weighted by molar-refractivity contribution is 0.794. The second-order valence-corrected chi connectivity index (χ2v) is 16.1. The zero-order valence-corrected chi connectivity index (χ0v) is 31.3. The van der Waals surface area contributed by atoms with E-state index in [1.807, 2.05) is 11.3 Å². The summed E-state index contributed by atoms with van der Waals surface area (Å²) in [6.45, 7) is 6.62. The van der Waals surface area contributed by atoms with Crippen LogP contribution in [0.4, 0.5) is 17.1 Å². The van der Waals surface area contributed by atoms with Gasteiger partial charge in [0.15, 0.2) is 0 Å². The molecular weight excluding hydrogens is 671 g/mol. The van der Waals surface area contributed by atoms with E-state index in [2.05, 4.69) is 196 Å². The summed E-state index contributed by atoms with van der Waals surface area (Å²) in [7, 11) is 0. The van der Waals surface area contributed by atoms with E-state index in [9.17, 15) is 0 Å². The van der Waals surface area contributed by atoms with Crippen molar-refractivity contribution in [1.29, 1.82) is 0 Å². The van der Waals surface area contributed by atoms with Gasteiger partial charge in [-0.3, -0.25) is 0 Å². The first kappa shape index (κ1) is 31.3. The third-order valence-corrected chi connectivity index (χ3v) is 13.2. The van der Waals surface area contributed by atoms with Gasteiger partial charge in [0.1, 0.15) is 0 Å². The van der Waals surface area contributed by atoms with E-state index in [1.165, 1.54) is 98.2 Å². The molecule has 0 saturated carbocycles. The number of anilines is 3. The molecule has 1 aromatic heterocycles. The highest BCUT2D eigenvalue weighted by atomic mass is 32.1. The first-order valence-corrected chi connectivity index (χ1v) is 19.7. The van der Waals surface area contributed by atoms with Crippen LogP contribution in [0.5, 0.6) is 0 Å². The smallest absolute Gasteiger partial charge is 0.0726 e. The highest BCUT2D eigenvalue weighted by molar-refractivity contribution is 7.26. The van der Waals surface area contributed by atoms with Gasteiger partial charge in [0.25, 0.3) is 0 Å². The molecule has 0 aliphatic heterocycles. The molecule has 0 N–H and O–H groups in total. The zero-order valence-electron chi connectivity index (χ0n) is 30.5. The van der Waals surface area contributed by atoms with E-state index >= 15 is 0 Å². The Labute approximate surface area is 320 Å². The molecule has 11 rings (SSSR count). The van der Waals surface area contributed by atoms with Crippen LogP contribution in [0, 0.1) is 20.8 Å². The summed E-state index contributed by atoms with van der Waals surface area (Å²) in [5.74, 6) is 0. The number of hydrogen-bond donors (Lipinski definition) is 0. The first-order valence-electron chi connectivity index (χ1n) is 18.9. The SMILES string of the molecule is Cc1ccc(N(c2ccc(-c3ccccc3C)c(C)c2)c2cccc3c2-c2ccccc2C32c3ccccc3-c3c2ccc2sc4ccccc4c32)cc1. The van der Waals surface area contributed by atoms with Crippen LogP contribution in [0.25, 0.3) is 53.6 Å². The highest BCUT2D eigenvalue weighted by Gasteiger charge is 2.53. The van der Waals surface area contributed by atoms with Crippen molar-refractivity contribution < 1.29 is 0 Å². The third-order valence-electron chi connectivity index (χ3n) is 12.0. The van der Waals surface area contributed by atoms with Crippen LogP contribution in [0.1, 0.15) is 38.9 Å². The largest absolute Gasteiger partial charge is 0.310 e. The van der Waals surface area contributed by atoms with Crippen LogP contribution in [-0.4, -0.2) is 0 Å². The number of thiophene rings is 1. The van der Waals surface area contributed by atoms with E-state index in [0.717, 1.165) is 11.4 Å². The quantitative estimate of drug-likeness (QED) is 0.176. The van der Waals surface area contributed by atoms with Crippen LogP contribution in [0.2, 0.25) is 0 Å². The molecule has 0 saturated heterocycles. The molecule has 54 heavy (non-hydrogen) atoms. The minimum absolute atomic E-state index is 0.450. The fraction of sp³-hybridized carbons (Fsp3) is 0.0769. The van der Waals surface area contributed by atoms with Gasteiger partial charge >= 0.3 is 0 Å². The van der Waals surface area contributed by atoms with Crippen molar-refractivity contribution in [3.8, 4) is 33.4 Å². The number of fused-ring (bicyclic) bond motifs is 14. The monoisotopic (exact) mass is 707 g/mol. The van der Waals surface area contributed by atoms with Gasteiger partial charge in [-0.2, -0.15) is 0 Å². The maximum Gasteiger partial charge on any atom is 0.0726 e. The Morgan fingerprint density at radius 2 is 1.04 bits per heavy atom. The van der Waals surface area contributed by atoms with E-state index in [1.54, 1.807) is 0 Å². The Balaban J connectivity index is 1.21. The molecule has 2 aliphatic carbocycles. The summed E-state index contributed by atoms with van der Waals surface area (Å²) in [5.41, 5.74) is 20.2. The van der Waals surface area contributed by atoms with E-state index in [4.69, 9.17) is 0 Å². The molecule has 1 heterocycles. The maximum atomic E-state index is 2.49. The number of hydrogen-bond acceptors (Lipinski definition) is 2. The van der Waals surface area contributed by atoms with Gasteiger partial charge in [-0.05, 0) is 124 Å². The fourth-order valence-corrected chi connectivity index (χ4v) is 10.9. The topological polar surface area (TPSA) is 3.24 Å². The predicted octanol–water partition coefficient (Wildman–Crippen LogP) is 14.5. The molecular formula is C52H37NS. The van der Waals surface area contributed by atoms with Crippen LogP contribution in [-0.2, 0) is 5.41 Å². The lowest BCUT2D eigenvalue weighted by Crippen LogP contribution is -2.26. The summed E-state index contributed by atoms with van der Waals surface area (Å²) >= 11 is 1.90. The summed E-state index contributed by atoms with van der Waals surface area (Å²) in [4.78, 5) is 2.49. The van der Waals surface area contributed by atoms with Crippen LogP contribution in [0.15, 0.2) is 170 Å². The minimum atomic E-state index is -0.450. The van der Waals surface area contributed by atoms with Crippen LogP contribution in [0.3, 0.4) is 0 Å². The second-order valence-electron chi connectivity index (χ2n) is 15.0. The standard InChI is InChI=1S/C52H37NS/c1-32-23-25-35(26-24-32)53(36-27-28-38(34(3)31-36)37-14-5-4-13-33(37)2)46-21-12-20-44-49(46)39-15-6-9-18-42(39)52(44)43-19-10-7-16-40(43)50-45(52)29-30-48-51(50)41-17-8-11-22-47(41)54-48/h4-31H,1-3H3. The van der Waals surface area contributed by atoms with Crippen molar-refractivity contribution in [2.45, 2.75) is 26.2 Å². The van der Waals surface area contributed by atoms with Crippen LogP contribution >= 0.6 is 11.3 Å². The van der Waals surface area contributed by atoms with E-state index in [-0.39, 0.29) is 0 Å². The molecule has 1 unspecified atom stereocenters. The van der Waals surface area contributed by atoms with Gasteiger partial charge < -0.3 is 4.90 Å². The van der Waals surface area contributed by atoms with Crippen molar-refractivity contribution in [1.82, 2.24) is 0 Å². The molecule has 2 heteroatoms. The lowest BCUT2D eigenvalue weighted by atomic mass is 9.70. The molecule has 1 nitrogen and oxygen atoms in total. The third kappa shape index (κ3) is 4.20. The summed E-state index contributed by atoms with van der Waals surface area (Å²) in [6, 6.07) is 63.9. The number of nitrogens with zero attached hydrogens (tertiary/aromatic N) is 1. The summed E-state index contributed by atoms with van der Waals surface area (Å²) in [6.07, 6.45) is 0. The zero-order chi connectivity index (χ0) is 36.1. The molecule has 1 atom stereocenters. The second kappa shape index (κ2) is 11.6. The molecule has 0 bridgehead atoms. The van der Waals surface area contributed by atoms with Crippen LogP contribution < -0.4 is 4.90 Å². The minimum Gasteiger partial charge on any atom is -0.310 e. The Hall–Kier alpha value is -6.22. The molecule has 256 valence electrons. The van der Waals surface area contributed by atoms with Gasteiger partial charge in [-0.15, -0.1) is 11.3 Å². The van der Waals surface area contributed by atoms with Crippen molar-refractivity contribution >= 4 is 48.6 Å².